The first-order valence-electron chi connectivity index (χ1n) is 9.73. The van der Waals surface area contributed by atoms with Gasteiger partial charge in [0.15, 0.2) is 0 Å². The number of rotatable bonds is 7. The molecule has 0 bridgehead atoms. The number of carbonyl (C=O) groups excluding carboxylic acids is 3. The third-order valence-electron chi connectivity index (χ3n) is 5.39. The number of amides is 3. The van der Waals surface area contributed by atoms with E-state index in [1.54, 1.807) is 6.92 Å². The Morgan fingerprint density at radius 1 is 1.15 bits per heavy atom. The summed E-state index contributed by atoms with van der Waals surface area (Å²) in [6, 6.07) is 7.70. The van der Waals surface area contributed by atoms with Gasteiger partial charge in [0.1, 0.15) is 5.54 Å². The molecule has 1 fully saturated rings. The number of carbonyl (C=O) groups is 3. The Balaban J connectivity index is 2.34. The van der Waals surface area contributed by atoms with Crippen molar-refractivity contribution in [3.63, 3.8) is 0 Å². The first kappa shape index (κ1) is 20.9. The van der Waals surface area contributed by atoms with Crippen molar-refractivity contribution in [3.05, 3.63) is 29.8 Å². The SMILES string of the molecule is CC[C@@](C)(C(=O)NC1CCCC1)N(C(=O)CNC(C)=O)c1ccc(C)cc1. The highest BCUT2D eigenvalue weighted by Gasteiger charge is 2.42. The molecular formula is C21H31N3O3. The van der Waals surface area contributed by atoms with E-state index in [2.05, 4.69) is 10.6 Å². The second kappa shape index (κ2) is 9.02. The normalized spacial score (nSPS) is 16.4. The second-order valence-corrected chi connectivity index (χ2v) is 7.56. The zero-order valence-corrected chi connectivity index (χ0v) is 16.8. The van der Waals surface area contributed by atoms with Crippen molar-refractivity contribution >= 4 is 23.4 Å². The molecule has 1 saturated carbocycles. The fourth-order valence-electron chi connectivity index (χ4n) is 3.51. The van der Waals surface area contributed by atoms with Crippen molar-refractivity contribution in [2.45, 2.75) is 71.4 Å². The Bertz CT molecular complexity index is 680. The summed E-state index contributed by atoms with van der Waals surface area (Å²) in [5.74, 6) is -0.727. The van der Waals surface area contributed by atoms with Crippen molar-refractivity contribution in [2.75, 3.05) is 11.4 Å². The Morgan fingerprint density at radius 3 is 2.26 bits per heavy atom. The fraction of sp³-hybridized carbons (Fsp3) is 0.571. The minimum atomic E-state index is -1.03. The maximum atomic E-state index is 13.2. The maximum absolute atomic E-state index is 13.2. The van der Waals surface area contributed by atoms with Crippen molar-refractivity contribution in [2.24, 2.45) is 0 Å². The predicted molar refractivity (Wildman–Crippen MR) is 106 cm³/mol. The fourth-order valence-corrected chi connectivity index (χ4v) is 3.51. The van der Waals surface area contributed by atoms with Gasteiger partial charge in [0.2, 0.25) is 17.7 Å². The second-order valence-electron chi connectivity index (χ2n) is 7.56. The lowest BCUT2D eigenvalue weighted by molar-refractivity contribution is -0.130. The van der Waals surface area contributed by atoms with Gasteiger partial charge in [-0.3, -0.25) is 19.3 Å². The van der Waals surface area contributed by atoms with Crippen molar-refractivity contribution in [1.82, 2.24) is 10.6 Å². The van der Waals surface area contributed by atoms with Crippen molar-refractivity contribution in [3.8, 4) is 0 Å². The predicted octanol–water partition coefficient (Wildman–Crippen LogP) is 2.69. The average molecular weight is 373 g/mol. The van der Waals surface area contributed by atoms with Crippen LogP contribution in [0.25, 0.3) is 0 Å². The Morgan fingerprint density at radius 2 is 1.74 bits per heavy atom. The minimum absolute atomic E-state index is 0.143. The van der Waals surface area contributed by atoms with E-state index >= 15 is 0 Å². The topological polar surface area (TPSA) is 78.5 Å². The highest BCUT2D eigenvalue weighted by molar-refractivity contribution is 6.04. The standard InChI is InChI=1S/C21H31N3O3/c1-5-21(4,20(27)23-17-8-6-7-9-17)24(19(26)14-22-16(3)25)18-12-10-15(2)11-13-18/h10-13,17H,5-9,14H2,1-4H3,(H,22,25)(H,23,27)/t21-/m0/s1. The zero-order chi connectivity index (χ0) is 20.0. The van der Waals surface area contributed by atoms with Gasteiger partial charge in [0.25, 0.3) is 0 Å². The number of anilines is 1. The summed E-state index contributed by atoms with van der Waals surface area (Å²) in [6.45, 7) is 6.90. The summed E-state index contributed by atoms with van der Waals surface area (Å²) in [5.41, 5.74) is 0.691. The molecule has 3 amide bonds. The lowest BCUT2D eigenvalue weighted by Gasteiger charge is -2.40. The minimum Gasteiger partial charge on any atom is -0.351 e. The van der Waals surface area contributed by atoms with Gasteiger partial charge < -0.3 is 10.6 Å². The Labute approximate surface area is 161 Å². The summed E-state index contributed by atoms with van der Waals surface area (Å²) in [4.78, 5) is 39.0. The molecular weight excluding hydrogens is 342 g/mol. The molecule has 1 aromatic carbocycles. The van der Waals surface area contributed by atoms with E-state index in [0.717, 1.165) is 31.2 Å². The van der Waals surface area contributed by atoms with E-state index < -0.39 is 5.54 Å². The molecule has 2 N–H and O–H groups in total. The van der Waals surface area contributed by atoms with Crippen molar-refractivity contribution in [1.29, 1.82) is 0 Å². The van der Waals surface area contributed by atoms with Crippen LogP contribution in [-0.2, 0) is 14.4 Å². The van der Waals surface area contributed by atoms with Crippen LogP contribution < -0.4 is 15.5 Å². The Kier molecular flexibility index (Phi) is 6.99. The van der Waals surface area contributed by atoms with Crippen LogP contribution in [0.3, 0.4) is 0 Å². The molecule has 0 aromatic heterocycles. The van der Waals surface area contributed by atoms with Gasteiger partial charge >= 0.3 is 0 Å². The molecule has 2 rings (SSSR count). The molecule has 0 unspecified atom stereocenters. The Hall–Kier alpha value is -2.37. The van der Waals surface area contributed by atoms with Crippen LogP contribution in [0, 0.1) is 6.92 Å². The number of hydrogen-bond donors (Lipinski definition) is 2. The lowest BCUT2D eigenvalue weighted by Crippen LogP contribution is -2.61. The number of hydrogen-bond acceptors (Lipinski definition) is 3. The molecule has 6 heteroatoms. The molecule has 6 nitrogen and oxygen atoms in total. The van der Waals surface area contributed by atoms with Crippen LogP contribution in [0.15, 0.2) is 24.3 Å². The van der Waals surface area contributed by atoms with E-state index in [1.165, 1.54) is 11.8 Å². The summed E-state index contributed by atoms with van der Waals surface area (Å²) in [6.07, 6.45) is 4.67. The highest BCUT2D eigenvalue weighted by Crippen LogP contribution is 2.29. The maximum Gasteiger partial charge on any atom is 0.247 e. The molecule has 0 saturated heterocycles. The molecule has 1 atom stereocenters. The highest BCUT2D eigenvalue weighted by atomic mass is 16.2. The molecule has 1 aromatic rings. The molecule has 0 radical (unpaired) electrons. The zero-order valence-electron chi connectivity index (χ0n) is 16.8. The number of nitrogens with one attached hydrogen (secondary N) is 2. The quantitative estimate of drug-likeness (QED) is 0.771. The third-order valence-corrected chi connectivity index (χ3v) is 5.39. The van der Waals surface area contributed by atoms with Gasteiger partial charge in [-0.15, -0.1) is 0 Å². The van der Waals surface area contributed by atoms with Crippen LogP contribution in [-0.4, -0.2) is 35.8 Å². The van der Waals surface area contributed by atoms with Gasteiger partial charge in [-0.2, -0.15) is 0 Å². The molecule has 1 aliphatic rings. The lowest BCUT2D eigenvalue weighted by atomic mass is 9.93. The number of benzene rings is 1. The third kappa shape index (κ3) is 5.08. The van der Waals surface area contributed by atoms with Crippen LogP contribution >= 0.6 is 0 Å². The number of nitrogens with zero attached hydrogens (tertiary/aromatic N) is 1. The van der Waals surface area contributed by atoms with Crippen LogP contribution in [0.1, 0.15) is 58.4 Å². The largest absolute Gasteiger partial charge is 0.351 e. The summed E-state index contributed by atoms with van der Waals surface area (Å²) < 4.78 is 0. The molecule has 27 heavy (non-hydrogen) atoms. The van der Waals surface area contributed by atoms with E-state index in [1.807, 2.05) is 38.1 Å². The smallest absolute Gasteiger partial charge is 0.247 e. The monoisotopic (exact) mass is 373 g/mol. The van der Waals surface area contributed by atoms with E-state index in [4.69, 9.17) is 0 Å². The van der Waals surface area contributed by atoms with E-state index in [9.17, 15) is 14.4 Å². The molecule has 0 aliphatic heterocycles. The van der Waals surface area contributed by atoms with Gasteiger partial charge in [-0.1, -0.05) is 37.5 Å². The van der Waals surface area contributed by atoms with Crippen LogP contribution in [0.4, 0.5) is 5.69 Å². The first-order chi connectivity index (χ1) is 12.8. The summed E-state index contributed by atoms with van der Waals surface area (Å²) in [7, 11) is 0. The molecule has 0 spiro atoms. The van der Waals surface area contributed by atoms with Crippen LogP contribution in [0.5, 0.6) is 0 Å². The average Bonchev–Trinajstić information content (AvgIpc) is 3.14. The summed E-state index contributed by atoms with van der Waals surface area (Å²) >= 11 is 0. The van der Waals surface area contributed by atoms with Gasteiger partial charge in [0, 0.05) is 18.7 Å². The van der Waals surface area contributed by atoms with Crippen LogP contribution in [0.2, 0.25) is 0 Å². The molecule has 1 aliphatic carbocycles. The molecule has 148 valence electrons. The summed E-state index contributed by atoms with van der Waals surface area (Å²) in [5, 5.41) is 5.68. The van der Waals surface area contributed by atoms with Gasteiger partial charge in [0.05, 0.1) is 6.54 Å². The first-order valence-corrected chi connectivity index (χ1v) is 9.73. The van der Waals surface area contributed by atoms with E-state index in [0.29, 0.717) is 12.1 Å². The van der Waals surface area contributed by atoms with E-state index in [-0.39, 0.29) is 30.3 Å². The molecule has 0 heterocycles. The van der Waals surface area contributed by atoms with Crippen molar-refractivity contribution < 1.29 is 14.4 Å². The van der Waals surface area contributed by atoms with Gasteiger partial charge in [-0.05, 0) is 45.2 Å². The van der Waals surface area contributed by atoms with Gasteiger partial charge in [-0.25, -0.2) is 0 Å². The number of aryl methyl sites for hydroxylation is 1.